The lowest BCUT2D eigenvalue weighted by Gasteiger charge is -2.34. The number of piperazine rings is 1. The molecule has 0 bridgehead atoms. The van der Waals surface area contributed by atoms with Gasteiger partial charge in [-0.2, -0.15) is 0 Å². The highest BCUT2D eigenvalue weighted by Crippen LogP contribution is 2.17. The second-order valence-corrected chi connectivity index (χ2v) is 6.67. The Balaban J connectivity index is 1.49. The van der Waals surface area contributed by atoms with Gasteiger partial charge in [0.15, 0.2) is 5.58 Å². The van der Waals surface area contributed by atoms with Crippen LogP contribution in [0.1, 0.15) is 5.89 Å². The molecule has 2 aromatic rings. The summed E-state index contributed by atoms with van der Waals surface area (Å²) in [6, 6.07) is 4.31. The maximum Gasteiger partial charge on any atom is 0.209 e. The largest absolute Gasteiger partial charge is 0.439 e. The molecular weight excluding hydrogens is 311 g/mol. The number of fused-ring (bicyclic) bond motifs is 1. The van der Waals surface area contributed by atoms with E-state index in [-0.39, 0.29) is 5.82 Å². The first kappa shape index (κ1) is 17.3. The molecule has 0 aliphatic carbocycles. The molecule has 0 radical (unpaired) electrons. The molecule has 6 nitrogen and oxygen atoms in total. The number of aliphatic hydroxyl groups is 1. The summed E-state index contributed by atoms with van der Waals surface area (Å²) in [6.07, 6.45) is -0.416. The number of β-amino-alcohol motifs (C(OH)–C–C–N with tert-alkyl or cyclic N) is 1. The lowest BCUT2D eigenvalue weighted by molar-refractivity contribution is 0.0579. The first-order valence-electron chi connectivity index (χ1n) is 8.32. The van der Waals surface area contributed by atoms with E-state index in [2.05, 4.69) is 21.8 Å². The quantitative estimate of drug-likeness (QED) is 0.850. The van der Waals surface area contributed by atoms with Crippen LogP contribution in [0.2, 0.25) is 0 Å². The Morgan fingerprint density at radius 1 is 1.33 bits per heavy atom. The van der Waals surface area contributed by atoms with Gasteiger partial charge in [-0.3, -0.25) is 9.80 Å². The number of likely N-dealkylation sites (N-methyl/N-ethyl adjacent to an activating group) is 2. The van der Waals surface area contributed by atoms with Crippen LogP contribution in [-0.2, 0) is 6.54 Å². The predicted molar refractivity (Wildman–Crippen MR) is 90.2 cm³/mol. The average molecular weight is 336 g/mol. The molecular formula is C17H25FN4O2. The first-order chi connectivity index (χ1) is 11.5. The van der Waals surface area contributed by atoms with Crippen molar-refractivity contribution in [2.75, 3.05) is 53.4 Å². The molecule has 7 heteroatoms. The normalized spacial score (nSPS) is 18.5. The maximum absolute atomic E-state index is 13.2. The highest BCUT2D eigenvalue weighted by atomic mass is 19.1. The summed E-state index contributed by atoms with van der Waals surface area (Å²) in [5.41, 5.74) is 1.11. The van der Waals surface area contributed by atoms with Crippen molar-refractivity contribution in [3.05, 3.63) is 29.9 Å². The van der Waals surface area contributed by atoms with Crippen molar-refractivity contribution in [3.8, 4) is 0 Å². The van der Waals surface area contributed by atoms with Crippen LogP contribution in [0.4, 0.5) is 4.39 Å². The first-order valence-corrected chi connectivity index (χ1v) is 8.32. The summed E-state index contributed by atoms with van der Waals surface area (Å²) < 4.78 is 18.8. The molecule has 0 saturated carbocycles. The molecule has 1 saturated heterocycles. The fourth-order valence-electron chi connectivity index (χ4n) is 3.06. The van der Waals surface area contributed by atoms with Gasteiger partial charge in [0.2, 0.25) is 5.89 Å². The third-order valence-corrected chi connectivity index (χ3v) is 4.39. The van der Waals surface area contributed by atoms with Crippen molar-refractivity contribution < 1.29 is 13.9 Å². The molecule has 1 unspecified atom stereocenters. The zero-order valence-corrected chi connectivity index (χ0v) is 14.3. The van der Waals surface area contributed by atoms with Gasteiger partial charge in [0, 0.05) is 45.3 Å². The van der Waals surface area contributed by atoms with E-state index in [9.17, 15) is 9.50 Å². The Kier molecular flexibility index (Phi) is 5.45. The Labute approximate surface area is 141 Å². The van der Waals surface area contributed by atoms with Gasteiger partial charge in [0.25, 0.3) is 0 Å². The van der Waals surface area contributed by atoms with Crippen molar-refractivity contribution in [1.82, 2.24) is 19.7 Å². The van der Waals surface area contributed by atoms with Gasteiger partial charge in [-0.15, -0.1) is 0 Å². The predicted octanol–water partition coefficient (Wildman–Crippen LogP) is 1.01. The van der Waals surface area contributed by atoms with Crippen LogP contribution >= 0.6 is 0 Å². The second-order valence-electron chi connectivity index (χ2n) is 6.67. The van der Waals surface area contributed by atoms with Crippen LogP contribution in [0.25, 0.3) is 11.1 Å². The van der Waals surface area contributed by atoms with E-state index in [4.69, 9.17) is 4.42 Å². The summed E-state index contributed by atoms with van der Waals surface area (Å²) >= 11 is 0. The SMILES string of the molecule is CN1CCN(CC(O)CN(C)Cc2nc3cc(F)ccc3o2)CC1. The number of oxazole rings is 1. The smallest absolute Gasteiger partial charge is 0.209 e. The molecule has 1 aliphatic rings. The summed E-state index contributed by atoms with van der Waals surface area (Å²) in [6.45, 7) is 5.78. The van der Waals surface area contributed by atoms with Crippen molar-refractivity contribution in [2.45, 2.75) is 12.6 Å². The minimum Gasteiger partial charge on any atom is -0.439 e. The van der Waals surface area contributed by atoms with E-state index in [1.807, 2.05) is 11.9 Å². The van der Waals surface area contributed by atoms with Crippen LogP contribution in [0.3, 0.4) is 0 Å². The molecule has 1 atom stereocenters. The van der Waals surface area contributed by atoms with Crippen molar-refractivity contribution >= 4 is 11.1 Å². The van der Waals surface area contributed by atoms with Crippen LogP contribution in [0.5, 0.6) is 0 Å². The maximum atomic E-state index is 13.2. The fourth-order valence-corrected chi connectivity index (χ4v) is 3.06. The molecule has 132 valence electrons. The summed E-state index contributed by atoms with van der Waals surface area (Å²) in [5, 5.41) is 10.3. The van der Waals surface area contributed by atoms with Gasteiger partial charge in [-0.1, -0.05) is 0 Å². The second kappa shape index (κ2) is 7.57. The van der Waals surface area contributed by atoms with Crippen molar-refractivity contribution in [3.63, 3.8) is 0 Å². The molecule has 1 fully saturated rings. The van der Waals surface area contributed by atoms with Crippen LogP contribution in [0.15, 0.2) is 22.6 Å². The number of aliphatic hydroxyl groups excluding tert-OH is 1. The van der Waals surface area contributed by atoms with Gasteiger partial charge in [0.05, 0.1) is 12.6 Å². The Morgan fingerprint density at radius 2 is 2.08 bits per heavy atom. The van der Waals surface area contributed by atoms with Gasteiger partial charge in [0.1, 0.15) is 11.3 Å². The zero-order valence-electron chi connectivity index (χ0n) is 14.3. The van der Waals surface area contributed by atoms with E-state index in [1.165, 1.54) is 12.1 Å². The van der Waals surface area contributed by atoms with Gasteiger partial charge in [-0.25, -0.2) is 9.37 Å². The number of hydrogen-bond donors (Lipinski definition) is 1. The summed E-state index contributed by atoms with van der Waals surface area (Å²) in [7, 11) is 4.04. The third-order valence-electron chi connectivity index (χ3n) is 4.39. The van der Waals surface area contributed by atoms with E-state index >= 15 is 0 Å². The monoisotopic (exact) mass is 336 g/mol. The Morgan fingerprint density at radius 3 is 2.83 bits per heavy atom. The van der Waals surface area contributed by atoms with Crippen LogP contribution in [-0.4, -0.2) is 84.3 Å². The average Bonchev–Trinajstić information content (AvgIpc) is 2.90. The summed E-state index contributed by atoms with van der Waals surface area (Å²) in [5.74, 6) is 0.211. The highest BCUT2D eigenvalue weighted by Gasteiger charge is 2.18. The number of hydrogen-bond acceptors (Lipinski definition) is 6. The lowest BCUT2D eigenvalue weighted by Crippen LogP contribution is -2.48. The lowest BCUT2D eigenvalue weighted by atomic mass is 10.2. The molecule has 0 amide bonds. The third kappa shape index (κ3) is 4.51. The number of aromatic nitrogens is 1. The Hall–Kier alpha value is -1.54. The molecule has 0 spiro atoms. The zero-order chi connectivity index (χ0) is 17.1. The highest BCUT2D eigenvalue weighted by molar-refractivity contribution is 5.72. The molecule has 24 heavy (non-hydrogen) atoms. The molecule has 1 aromatic carbocycles. The minimum atomic E-state index is -0.416. The molecule has 1 aliphatic heterocycles. The van der Waals surface area contributed by atoms with Gasteiger partial charge < -0.3 is 14.4 Å². The van der Waals surface area contributed by atoms with Crippen LogP contribution in [0, 0.1) is 5.82 Å². The number of rotatable bonds is 6. The van der Waals surface area contributed by atoms with E-state index < -0.39 is 6.10 Å². The summed E-state index contributed by atoms with van der Waals surface area (Å²) in [4.78, 5) is 10.9. The van der Waals surface area contributed by atoms with Gasteiger partial charge >= 0.3 is 0 Å². The van der Waals surface area contributed by atoms with Gasteiger partial charge in [-0.05, 0) is 26.2 Å². The van der Waals surface area contributed by atoms with E-state index in [1.54, 1.807) is 6.07 Å². The van der Waals surface area contributed by atoms with E-state index in [0.717, 1.165) is 26.2 Å². The van der Waals surface area contributed by atoms with Crippen LogP contribution < -0.4 is 0 Å². The molecule has 1 aromatic heterocycles. The molecule has 1 N–H and O–H groups in total. The topological polar surface area (TPSA) is 56.0 Å². The fraction of sp³-hybridized carbons (Fsp3) is 0.588. The number of benzene rings is 1. The molecule has 3 rings (SSSR count). The number of nitrogens with zero attached hydrogens (tertiary/aromatic N) is 4. The number of halogens is 1. The minimum absolute atomic E-state index is 0.321. The Bertz CT molecular complexity index is 670. The van der Waals surface area contributed by atoms with Crippen molar-refractivity contribution in [2.24, 2.45) is 0 Å². The standard InChI is InChI=1S/C17H25FN4O2/c1-20-5-7-22(8-6-20)11-14(23)10-21(2)12-17-19-15-9-13(18)3-4-16(15)24-17/h3-4,9,14,23H,5-8,10-12H2,1-2H3. The van der Waals surface area contributed by atoms with E-state index in [0.29, 0.717) is 36.6 Å². The van der Waals surface area contributed by atoms with Crippen molar-refractivity contribution in [1.29, 1.82) is 0 Å². The molecule has 2 heterocycles.